The molecule has 0 bridgehead atoms. The average molecular weight is 273 g/mol. The Morgan fingerprint density at radius 1 is 1.56 bits per heavy atom. The van der Waals surface area contributed by atoms with Crippen LogP contribution in [-0.4, -0.2) is 24.0 Å². The number of hydrogen-bond donors (Lipinski definition) is 1. The first-order valence-corrected chi connectivity index (χ1v) is 5.65. The van der Waals surface area contributed by atoms with Gasteiger partial charge in [0.2, 0.25) is 0 Å². The minimum absolute atomic E-state index is 0.0133. The highest BCUT2D eigenvalue weighted by molar-refractivity contribution is 6.30. The lowest BCUT2D eigenvalue weighted by Crippen LogP contribution is -2.20. The predicted octanol–water partition coefficient (Wildman–Crippen LogP) is 1.90. The first-order valence-electron chi connectivity index (χ1n) is 5.27. The lowest BCUT2D eigenvalue weighted by Gasteiger charge is -2.06. The van der Waals surface area contributed by atoms with E-state index in [9.17, 15) is 14.9 Å². The number of halogens is 1. The van der Waals surface area contributed by atoms with Gasteiger partial charge in [-0.1, -0.05) is 11.6 Å². The number of hydrogen-bond acceptors (Lipinski definition) is 5. The molecular formula is C11H13ClN2O4. The molecule has 1 aromatic rings. The van der Waals surface area contributed by atoms with Gasteiger partial charge in [-0.15, -0.1) is 0 Å². The van der Waals surface area contributed by atoms with Crippen LogP contribution in [0, 0.1) is 10.1 Å². The highest BCUT2D eigenvalue weighted by atomic mass is 35.5. The summed E-state index contributed by atoms with van der Waals surface area (Å²) in [6.07, 6.45) is 0. The van der Waals surface area contributed by atoms with E-state index in [1.807, 2.05) is 0 Å². The van der Waals surface area contributed by atoms with E-state index < -0.39 is 4.92 Å². The molecule has 0 radical (unpaired) electrons. The standard InChI is InChI=1S/C11H13ClN2O4/c1-8(15)18-5-4-13-7-9-6-10(12)2-3-11(9)14(16)17/h2-3,6,13H,4-5,7H2,1H3. The minimum Gasteiger partial charge on any atom is -0.465 e. The summed E-state index contributed by atoms with van der Waals surface area (Å²) in [6, 6.07) is 4.38. The molecule has 0 saturated heterocycles. The topological polar surface area (TPSA) is 81.5 Å². The number of nitrogens with one attached hydrogen (secondary N) is 1. The van der Waals surface area contributed by atoms with E-state index >= 15 is 0 Å². The Balaban J connectivity index is 2.53. The molecular weight excluding hydrogens is 260 g/mol. The molecule has 1 rings (SSSR count). The molecule has 0 unspecified atom stereocenters. The lowest BCUT2D eigenvalue weighted by atomic mass is 10.2. The van der Waals surface area contributed by atoms with Crippen molar-refractivity contribution in [3.05, 3.63) is 38.9 Å². The maximum Gasteiger partial charge on any atom is 0.302 e. The number of carbonyl (C=O) groups is 1. The fourth-order valence-corrected chi connectivity index (χ4v) is 1.56. The van der Waals surface area contributed by atoms with Crippen molar-refractivity contribution in [2.75, 3.05) is 13.2 Å². The zero-order valence-electron chi connectivity index (χ0n) is 9.81. The molecule has 0 aliphatic carbocycles. The fourth-order valence-electron chi connectivity index (χ4n) is 1.36. The molecule has 6 nitrogen and oxygen atoms in total. The molecule has 0 atom stereocenters. The van der Waals surface area contributed by atoms with Gasteiger partial charge < -0.3 is 10.1 Å². The van der Waals surface area contributed by atoms with E-state index in [0.29, 0.717) is 17.1 Å². The summed E-state index contributed by atoms with van der Waals surface area (Å²) in [4.78, 5) is 20.8. The van der Waals surface area contributed by atoms with Crippen molar-refractivity contribution in [1.82, 2.24) is 5.32 Å². The molecule has 1 aromatic carbocycles. The molecule has 1 N–H and O–H groups in total. The summed E-state index contributed by atoms with van der Waals surface area (Å²) in [6.45, 7) is 2.26. The van der Waals surface area contributed by atoms with Gasteiger partial charge in [-0.25, -0.2) is 0 Å². The van der Waals surface area contributed by atoms with Crippen LogP contribution in [0.3, 0.4) is 0 Å². The van der Waals surface area contributed by atoms with Crippen molar-refractivity contribution in [2.45, 2.75) is 13.5 Å². The van der Waals surface area contributed by atoms with Crippen molar-refractivity contribution < 1.29 is 14.5 Å². The van der Waals surface area contributed by atoms with Gasteiger partial charge >= 0.3 is 5.97 Å². The first kappa shape index (κ1) is 14.4. The van der Waals surface area contributed by atoms with E-state index in [1.54, 1.807) is 6.07 Å². The molecule has 0 saturated carbocycles. The van der Waals surface area contributed by atoms with E-state index in [2.05, 4.69) is 5.32 Å². The molecule has 0 aliphatic rings. The van der Waals surface area contributed by atoms with Gasteiger partial charge in [0.15, 0.2) is 0 Å². The van der Waals surface area contributed by atoms with Crippen LogP contribution in [0.1, 0.15) is 12.5 Å². The van der Waals surface area contributed by atoms with E-state index in [-0.39, 0.29) is 24.8 Å². The molecule has 0 aliphatic heterocycles. The number of nitro groups is 1. The minimum atomic E-state index is -0.459. The van der Waals surface area contributed by atoms with Gasteiger partial charge in [0.25, 0.3) is 5.69 Å². The average Bonchev–Trinajstić information content (AvgIpc) is 2.27. The highest BCUT2D eigenvalue weighted by Gasteiger charge is 2.13. The van der Waals surface area contributed by atoms with E-state index in [4.69, 9.17) is 16.3 Å². The maximum atomic E-state index is 10.8. The molecule has 0 fully saturated rings. The number of carbonyl (C=O) groups excluding carboxylic acids is 1. The second-order valence-electron chi connectivity index (χ2n) is 3.55. The van der Waals surface area contributed by atoms with Gasteiger partial charge in [-0.05, 0) is 12.1 Å². The van der Waals surface area contributed by atoms with Gasteiger partial charge in [0, 0.05) is 36.7 Å². The Bertz CT molecular complexity index is 451. The molecule has 18 heavy (non-hydrogen) atoms. The van der Waals surface area contributed by atoms with Crippen LogP contribution in [-0.2, 0) is 16.1 Å². The summed E-state index contributed by atoms with van der Waals surface area (Å²) < 4.78 is 4.72. The van der Waals surface area contributed by atoms with Crippen LogP contribution >= 0.6 is 11.6 Å². The van der Waals surface area contributed by atoms with Crippen LogP contribution < -0.4 is 5.32 Å². The Hall–Kier alpha value is -1.66. The van der Waals surface area contributed by atoms with E-state index in [1.165, 1.54) is 19.1 Å². The molecule has 0 aromatic heterocycles. The predicted molar refractivity (Wildman–Crippen MR) is 66.4 cm³/mol. The number of rotatable bonds is 6. The second kappa shape index (κ2) is 6.93. The lowest BCUT2D eigenvalue weighted by molar-refractivity contribution is -0.385. The largest absolute Gasteiger partial charge is 0.465 e. The first-order chi connectivity index (χ1) is 8.50. The van der Waals surface area contributed by atoms with Gasteiger partial charge in [-0.2, -0.15) is 0 Å². The Morgan fingerprint density at radius 2 is 2.28 bits per heavy atom. The van der Waals surface area contributed by atoms with Crippen molar-refractivity contribution in [1.29, 1.82) is 0 Å². The highest BCUT2D eigenvalue weighted by Crippen LogP contribution is 2.22. The van der Waals surface area contributed by atoms with Crippen molar-refractivity contribution in [3.63, 3.8) is 0 Å². The zero-order chi connectivity index (χ0) is 13.5. The van der Waals surface area contributed by atoms with Crippen molar-refractivity contribution in [2.24, 2.45) is 0 Å². The van der Waals surface area contributed by atoms with Gasteiger partial charge in [0.1, 0.15) is 6.61 Å². The molecule has 0 heterocycles. The number of nitrogens with zero attached hydrogens (tertiary/aromatic N) is 1. The Kier molecular flexibility index (Phi) is 5.54. The number of esters is 1. The maximum absolute atomic E-state index is 10.8. The van der Waals surface area contributed by atoms with Crippen molar-refractivity contribution >= 4 is 23.3 Å². The normalized spacial score (nSPS) is 10.1. The van der Waals surface area contributed by atoms with Gasteiger partial charge in [-0.3, -0.25) is 14.9 Å². The summed E-state index contributed by atoms with van der Waals surface area (Å²) in [5.41, 5.74) is 0.509. The Labute approximate surface area is 109 Å². The second-order valence-corrected chi connectivity index (χ2v) is 3.98. The fraction of sp³-hybridized carbons (Fsp3) is 0.364. The monoisotopic (exact) mass is 272 g/mol. The Morgan fingerprint density at radius 3 is 2.89 bits per heavy atom. The summed E-state index contributed by atoms with van der Waals surface area (Å²) in [5, 5.41) is 14.2. The van der Waals surface area contributed by atoms with Crippen LogP contribution in [0.25, 0.3) is 0 Å². The molecule has 7 heteroatoms. The molecule has 0 spiro atoms. The van der Waals surface area contributed by atoms with Crippen LogP contribution in [0.5, 0.6) is 0 Å². The van der Waals surface area contributed by atoms with E-state index in [0.717, 1.165) is 0 Å². The summed E-state index contributed by atoms with van der Waals surface area (Å²) >= 11 is 5.78. The quantitative estimate of drug-likeness (QED) is 0.370. The number of nitro benzene ring substituents is 1. The smallest absolute Gasteiger partial charge is 0.302 e. The summed E-state index contributed by atoms with van der Waals surface area (Å²) in [7, 11) is 0. The number of benzene rings is 1. The van der Waals surface area contributed by atoms with Crippen molar-refractivity contribution in [3.8, 4) is 0 Å². The van der Waals surface area contributed by atoms with Crippen LogP contribution in [0.15, 0.2) is 18.2 Å². The SMILES string of the molecule is CC(=O)OCCNCc1cc(Cl)ccc1[N+](=O)[O-]. The molecule has 0 amide bonds. The van der Waals surface area contributed by atoms with Crippen LogP contribution in [0.2, 0.25) is 5.02 Å². The van der Waals surface area contributed by atoms with Gasteiger partial charge in [0.05, 0.1) is 4.92 Å². The van der Waals surface area contributed by atoms with Crippen LogP contribution in [0.4, 0.5) is 5.69 Å². The third-order valence-corrected chi connectivity index (χ3v) is 2.37. The zero-order valence-corrected chi connectivity index (χ0v) is 10.6. The summed E-state index contributed by atoms with van der Waals surface area (Å²) in [5.74, 6) is -0.356. The third kappa shape index (κ3) is 4.68. The number of ether oxygens (including phenoxy) is 1. The third-order valence-electron chi connectivity index (χ3n) is 2.14. The molecule has 98 valence electrons.